The lowest BCUT2D eigenvalue weighted by Crippen LogP contribution is -2.83. The molecule has 0 aliphatic carbocycles. The van der Waals surface area contributed by atoms with E-state index >= 15 is 0 Å². The normalized spacial score (nSPS) is 12.3. The van der Waals surface area contributed by atoms with E-state index in [1.807, 2.05) is 6.07 Å². The molecule has 29 heavy (non-hydrogen) atoms. The molecule has 2 heterocycles. The van der Waals surface area contributed by atoms with E-state index in [1.54, 1.807) is 17.4 Å². The van der Waals surface area contributed by atoms with Crippen LogP contribution in [0.25, 0.3) is 11.0 Å². The molecule has 0 saturated carbocycles. The maximum absolute atomic E-state index is 12.1. The molecule has 2 aromatic carbocycles. The van der Waals surface area contributed by atoms with Crippen LogP contribution >= 0.6 is 11.3 Å². The van der Waals surface area contributed by atoms with E-state index < -0.39 is 0 Å². The molecule has 0 unspecified atom stereocenters. The lowest BCUT2D eigenvalue weighted by atomic mass is 10.0. The van der Waals surface area contributed by atoms with Crippen LogP contribution in [-0.2, 0) is 19.4 Å². The Labute approximate surface area is 175 Å². The summed E-state index contributed by atoms with van der Waals surface area (Å²) < 4.78 is 5.47. The highest BCUT2D eigenvalue weighted by Crippen LogP contribution is 2.24. The SMILES string of the molecule is CCc1ccc([C@H]([NH2+]Cc2cc(=O)oc3cc(CC)ccc23)c2cccs2)cc1. The zero-order chi connectivity index (χ0) is 20.2. The van der Waals surface area contributed by atoms with E-state index in [2.05, 4.69) is 73.1 Å². The van der Waals surface area contributed by atoms with Gasteiger partial charge in [0, 0.05) is 22.6 Å². The average molecular weight is 405 g/mol. The van der Waals surface area contributed by atoms with Crippen molar-refractivity contribution in [1.29, 1.82) is 0 Å². The monoisotopic (exact) mass is 404 g/mol. The van der Waals surface area contributed by atoms with Crippen molar-refractivity contribution in [3.05, 3.63) is 104 Å². The minimum absolute atomic E-state index is 0.207. The summed E-state index contributed by atoms with van der Waals surface area (Å²) >= 11 is 1.77. The van der Waals surface area contributed by atoms with Crippen LogP contribution in [0.1, 0.15) is 47.0 Å². The molecule has 0 radical (unpaired) electrons. The Hall–Kier alpha value is -2.69. The van der Waals surface area contributed by atoms with Gasteiger partial charge in [0.1, 0.15) is 18.2 Å². The first-order valence-corrected chi connectivity index (χ1v) is 11.1. The number of nitrogens with two attached hydrogens (primary N) is 1. The Morgan fingerprint density at radius 1 is 0.966 bits per heavy atom. The number of thiophene rings is 1. The minimum Gasteiger partial charge on any atom is -0.423 e. The van der Waals surface area contributed by atoms with Gasteiger partial charge in [0.2, 0.25) is 0 Å². The van der Waals surface area contributed by atoms with Crippen molar-refractivity contribution in [3.8, 4) is 0 Å². The van der Waals surface area contributed by atoms with E-state index in [1.165, 1.54) is 21.6 Å². The average Bonchev–Trinajstić information content (AvgIpc) is 3.28. The molecule has 4 aromatic rings. The molecule has 2 N–H and O–H groups in total. The van der Waals surface area contributed by atoms with E-state index in [9.17, 15) is 4.79 Å². The molecule has 148 valence electrons. The molecule has 0 aliphatic rings. The zero-order valence-corrected chi connectivity index (χ0v) is 17.7. The van der Waals surface area contributed by atoms with Gasteiger partial charge >= 0.3 is 5.63 Å². The fraction of sp³-hybridized carbons (Fsp3) is 0.240. The third kappa shape index (κ3) is 4.34. The Morgan fingerprint density at radius 2 is 1.72 bits per heavy atom. The van der Waals surface area contributed by atoms with Crippen LogP contribution in [-0.4, -0.2) is 0 Å². The number of benzene rings is 2. The van der Waals surface area contributed by atoms with Crippen LogP contribution in [0, 0.1) is 0 Å². The van der Waals surface area contributed by atoms with Crippen LogP contribution in [0.4, 0.5) is 0 Å². The number of rotatable bonds is 7. The third-order valence-corrected chi connectivity index (χ3v) is 6.43. The zero-order valence-electron chi connectivity index (χ0n) is 16.9. The predicted octanol–water partition coefficient (Wildman–Crippen LogP) is 4.83. The molecule has 2 aromatic heterocycles. The highest BCUT2D eigenvalue weighted by molar-refractivity contribution is 7.10. The topological polar surface area (TPSA) is 46.8 Å². The first kappa shape index (κ1) is 19.6. The van der Waals surface area contributed by atoms with Gasteiger partial charge in [-0.3, -0.25) is 0 Å². The van der Waals surface area contributed by atoms with Crippen molar-refractivity contribution < 1.29 is 9.73 Å². The first-order valence-electron chi connectivity index (χ1n) is 10.2. The van der Waals surface area contributed by atoms with Gasteiger partial charge in [0.05, 0.1) is 4.88 Å². The third-order valence-electron chi connectivity index (χ3n) is 5.47. The largest absolute Gasteiger partial charge is 0.423 e. The van der Waals surface area contributed by atoms with Crippen molar-refractivity contribution >= 4 is 22.3 Å². The number of hydrogen-bond acceptors (Lipinski definition) is 3. The Kier molecular flexibility index (Phi) is 5.93. The fourth-order valence-electron chi connectivity index (χ4n) is 3.75. The number of hydrogen-bond donors (Lipinski definition) is 1. The summed E-state index contributed by atoms with van der Waals surface area (Å²) in [5.74, 6) is 0. The number of fused-ring (bicyclic) bond motifs is 1. The Morgan fingerprint density at radius 3 is 2.41 bits per heavy atom. The quantitative estimate of drug-likeness (QED) is 0.448. The number of aryl methyl sites for hydroxylation is 2. The van der Waals surface area contributed by atoms with Gasteiger partial charge in [-0.15, -0.1) is 11.3 Å². The molecule has 0 fully saturated rings. The van der Waals surface area contributed by atoms with Crippen LogP contribution in [0.5, 0.6) is 0 Å². The van der Waals surface area contributed by atoms with Crippen LogP contribution in [0.3, 0.4) is 0 Å². The van der Waals surface area contributed by atoms with E-state index in [0.717, 1.165) is 23.8 Å². The summed E-state index contributed by atoms with van der Waals surface area (Å²) in [5, 5.41) is 5.45. The lowest BCUT2D eigenvalue weighted by molar-refractivity contribution is -0.701. The van der Waals surface area contributed by atoms with Gasteiger partial charge in [-0.05, 0) is 41.5 Å². The standard InChI is InChI=1S/C25H25NO2S/c1-3-17-7-10-19(11-8-17)25(23-6-5-13-29-23)26-16-20-15-24(27)28-22-14-18(4-2)9-12-21(20)22/h5-15,25-26H,3-4,16H2,1-2H3/p+1/t25-/m0/s1. The molecule has 0 saturated heterocycles. The van der Waals surface area contributed by atoms with Crippen LogP contribution in [0.15, 0.2) is 75.3 Å². The molecular weight excluding hydrogens is 378 g/mol. The molecule has 0 aliphatic heterocycles. The molecular formula is C25H26NO2S+. The van der Waals surface area contributed by atoms with Crippen molar-refractivity contribution in [3.63, 3.8) is 0 Å². The Bertz CT molecular complexity index is 1140. The van der Waals surface area contributed by atoms with Crippen molar-refractivity contribution in [2.24, 2.45) is 0 Å². The molecule has 0 spiro atoms. The summed E-state index contributed by atoms with van der Waals surface area (Å²) in [5.41, 5.74) is 5.22. The predicted molar refractivity (Wildman–Crippen MR) is 119 cm³/mol. The van der Waals surface area contributed by atoms with Crippen molar-refractivity contribution in [1.82, 2.24) is 0 Å². The molecule has 0 amide bonds. The van der Waals surface area contributed by atoms with Gasteiger partial charge in [-0.25, -0.2) is 4.79 Å². The van der Waals surface area contributed by atoms with Gasteiger partial charge in [-0.1, -0.05) is 56.3 Å². The maximum Gasteiger partial charge on any atom is 0.336 e. The smallest absolute Gasteiger partial charge is 0.336 e. The minimum atomic E-state index is -0.283. The second kappa shape index (κ2) is 8.76. The molecule has 4 rings (SSSR count). The van der Waals surface area contributed by atoms with Crippen molar-refractivity contribution in [2.45, 2.75) is 39.3 Å². The molecule has 0 bridgehead atoms. The van der Waals surface area contributed by atoms with E-state index in [4.69, 9.17) is 4.42 Å². The van der Waals surface area contributed by atoms with E-state index in [-0.39, 0.29) is 11.7 Å². The molecule has 3 nitrogen and oxygen atoms in total. The molecule has 1 atom stereocenters. The summed E-state index contributed by atoms with van der Waals surface area (Å²) in [7, 11) is 0. The fourth-order valence-corrected chi connectivity index (χ4v) is 4.60. The molecule has 4 heteroatoms. The maximum atomic E-state index is 12.1. The van der Waals surface area contributed by atoms with Crippen molar-refractivity contribution in [2.75, 3.05) is 0 Å². The Balaban J connectivity index is 1.66. The number of quaternary nitrogens is 1. The summed E-state index contributed by atoms with van der Waals surface area (Å²) in [6, 6.07) is 21.2. The summed E-state index contributed by atoms with van der Waals surface area (Å²) in [6.45, 7) is 4.99. The second-order valence-corrected chi connectivity index (χ2v) is 8.28. The van der Waals surface area contributed by atoms with Gasteiger partial charge in [0.15, 0.2) is 0 Å². The summed E-state index contributed by atoms with van der Waals surface area (Å²) in [6.07, 6.45) is 1.96. The highest BCUT2D eigenvalue weighted by Gasteiger charge is 2.19. The second-order valence-electron chi connectivity index (χ2n) is 7.30. The van der Waals surface area contributed by atoms with Crippen LogP contribution in [0.2, 0.25) is 0 Å². The van der Waals surface area contributed by atoms with Gasteiger partial charge in [-0.2, -0.15) is 0 Å². The van der Waals surface area contributed by atoms with Gasteiger partial charge in [0.25, 0.3) is 0 Å². The van der Waals surface area contributed by atoms with Gasteiger partial charge < -0.3 is 9.73 Å². The lowest BCUT2D eigenvalue weighted by Gasteiger charge is -2.16. The highest BCUT2D eigenvalue weighted by atomic mass is 32.1. The van der Waals surface area contributed by atoms with Crippen LogP contribution < -0.4 is 10.9 Å². The van der Waals surface area contributed by atoms with E-state index in [0.29, 0.717) is 12.1 Å². The summed E-state index contributed by atoms with van der Waals surface area (Å²) in [4.78, 5) is 13.5. The first-order chi connectivity index (χ1) is 14.2.